The van der Waals surface area contributed by atoms with Crippen molar-refractivity contribution in [2.45, 2.75) is 53.9 Å². The van der Waals surface area contributed by atoms with Crippen molar-refractivity contribution in [1.29, 1.82) is 0 Å². The number of hydrogen-bond acceptors (Lipinski definition) is 0. The molecule has 0 saturated heterocycles. The summed E-state index contributed by atoms with van der Waals surface area (Å²) in [7, 11) is 0. The summed E-state index contributed by atoms with van der Waals surface area (Å²) in [6, 6.07) is 0. The highest BCUT2D eigenvalue weighted by atomic mass is 14.5. The maximum absolute atomic E-state index is 2.41. The summed E-state index contributed by atoms with van der Waals surface area (Å²) in [4.78, 5) is 0. The minimum atomic E-state index is 0.417. The van der Waals surface area contributed by atoms with E-state index >= 15 is 0 Å². The largest absolute Gasteiger partial charge is 0.0840 e. The van der Waals surface area contributed by atoms with E-state index in [2.05, 4.69) is 46.8 Å². The molecule has 2 atom stereocenters. The summed E-state index contributed by atoms with van der Waals surface area (Å²) in [6.45, 7) is 11.8. The fourth-order valence-electron chi connectivity index (χ4n) is 2.15. The Bertz CT molecular complexity index is 195. The van der Waals surface area contributed by atoms with E-state index in [1.807, 2.05) is 0 Å². The molecular formula is C13H24. The van der Waals surface area contributed by atoms with Gasteiger partial charge in [-0.15, -0.1) is 0 Å². The maximum Gasteiger partial charge on any atom is -0.00352 e. The van der Waals surface area contributed by atoms with Crippen molar-refractivity contribution in [3.63, 3.8) is 0 Å². The zero-order valence-corrected chi connectivity index (χ0v) is 9.85. The number of unbranched alkanes of at least 4 members (excludes halogenated alkanes) is 1. The van der Waals surface area contributed by atoms with Gasteiger partial charge in [-0.05, 0) is 23.2 Å². The maximum atomic E-state index is 2.41. The van der Waals surface area contributed by atoms with Gasteiger partial charge in [-0.3, -0.25) is 0 Å². The lowest BCUT2D eigenvalue weighted by Crippen LogP contribution is -2.42. The van der Waals surface area contributed by atoms with Gasteiger partial charge in [-0.25, -0.2) is 0 Å². The third-order valence-electron chi connectivity index (χ3n) is 3.93. The molecule has 0 spiro atoms. The first-order chi connectivity index (χ1) is 5.92. The van der Waals surface area contributed by atoms with Crippen molar-refractivity contribution in [2.75, 3.05) is 0 Å². The summed E-state index contributed by atoms with van der Waals surface area (Å²) in [5.74, 6) is 0.826. The van der Waals surface area contributed by atoms with Crippen LogP contribution in [0.15, 0.2) is 12.2 Å². The van der Waals surface area contributed by atoms with E-state index in [4.69, 9.17) is 0 Å². The minimum Gasteiger partial charge on any atom is -0.0840 e. The van der Waals surface area contributed by atoms with E-state index in [0.29, 0.717) is 10.8 Å². The Morgan fingerprint density at radius 1 is 1.31 bits per heavy atom. The Labute approximate surface area is 83.4 Å². The third-order valence-corrected chi connectivity index (χ3v) is 3.93. The second kappa shape index (κ2) is 3.48. The molecule has 1 aliphatic rings. The molecule has 2 unspecified atom stereocenters. The van der Waals surface area contributed by atoms with Crippen LogP contribution in [0.4, 0.5) is 0 Å². The Hall–Kier alpha value is -0.260. The molecule has 0 radical (unpaired) electrons. The molecule has 1 aliphatic carbocycles. The van der Waals surface area contributed by atoms with Crippen LogP contribution in [0.1, 0.15) is 53.9 Å². The highest BCUT2D eigenvalue weighted by Gasteiger charge is 2.45. The normalized spacial score (nSPS) is 33.2. The van der Waals surface area contributed by atoms with Crippen LogP contribution in [0, 0.1) is 16.7 Å². The predicted molar refractivity (Wildman–Crippen MR) is 59.7 cm³/mol. The average Bonchev–Trinajstić information content (AvgIpc) is 2.00. The molecule has 0 N–H and O–H groups in total. The summed E-state index contributed by atoms with van der Waals surface area (Å²) >= 11 is 0. The lowest BCUT2D eigenvalue weighted by atomic mass is 9.54. The molecule has 0 aromatic heterocycles. The fourth-order valence-corrected chi connectivity index (χ4v) is 2.15. The van der Waals surface area contributed by atoms with Gasteiger partial charge in [0.15, 0.2) is 0 Å². The van der Waals surface area contributed by atoms with Crippen molar-refractivity contribution in [1.82, 2.24) is 0 Å². The van der Waals surface area contributed by atoms with E-state index in [-0.39, 0.29) is 0 Å². The molecule has 0 heterocycles. The van der Waals surface area contributed by atoms with Gasteiger partial charge in [0, 0.05) is 0 Å². The van der Waals surface area contributed by atoms with Crippen molar-refractivity contribution in [3.8, 4) is 0 Å². The molecule has 76 valence electrons. The highest BCUT2D eigenvalue weighted by Crippen LogP contribution is 2.53. The topological polar surface area (TPSA) is 0 Å². The molecule has 0 aromatic rings. The molecule has 1 rings (SSSR count). The molecule has 0 aliphatic heterocycles. The number of rotatable bonds is 3. The van der Waals surface area contributed by atoms with Gasteiger partial charge in [0.25, 0.3) is 0 Å². The van der Waals surface area contributed by atoms with E-state index in [1.54, 1.807) is 0 Å². The van der Waals surface area contributed by atoms with Crippen LogP contribution in [0.25, 0.3) is 0 Å². The first-order valence-electron chi connectivity index (χ1n) is 5.61. The highest BCUT2D eigenvalue weighted by molar-refractivity contribution is 5.20. The van der Waals surface area contributed by atoms with Crippen LogP contribution in [0.2, 0.25) is 0 Å². The van der Waals surface area contributed by atoms with Crippen molar-refractivity contribution in [2.24, 2.45) is 16.7 Å². The quantitative estimate of drug-likeness (QED) is 0.564. The summed E-state index contributed by atoms with van der Waals surface area (Å²) in [5.41, 5.74) is 0.863. The Morgan fingerprint density at radius 3 is 2.23 bits per heavy atom. The number of hydrogen-bond donors (Lipinski definition) is 0. The van der Waals surface area contributed by atoms with Crippen LogP contribution in [0.3, 0.4) is 0 Å². The van der Waals surface area contributed by atoms with Crippen LogP contribution >= 0.6 is 0 Å². The molecule has 0 amide bonds. The third kappa shape index (κ3) is 1.82. The molecule has 0 bridgehead atoms. The first-order valence-corrected chi connectivity index (χ1v) is 5.61. The Morgan fingerprint density at radius 2 is 1.92 bits per heavy atom. The van der Waals surface area contributed by atoms with Crippen molar-refractivity contribution in [3.05, 3.63) is 12.2 Å². The van der Waals surface area contributed by atoms with Crippen LogP contribution in [0.5, 0.6) is 0 Å². The lowest BCUT2D eigenvalue weighted by molar-refractivity contribution is 0.0808. The van der Waals surface area contributed by atoms with Gasteiger partial charge in [0.2, 0.25) is 0 Å². The molecule has 0 heteroatoms. The molecule has 0 nitrogen and oxygen atoms in total. The second-order valence-corrected chi connectivity index (χ2v) is 5.64. The minimum absolute atomic E-state index is 0.417. The van der Waals surface area contributed by atoms with Gasteiger partial charge >= 0.3 is 0 Å². The Balaban J connectivity index is 2.58. The van der Waals surface area contributed by atoms with Crippen molar-refractivity contribution < 1.29 is 0 Å². The molecule has 0 aromatic carbocycles. The fraction of sp³-hybridized carbons (Fsp3) is 0.846. The van der Waals surface area contributed by atoms with Gasteiger partial charge in [0.05, 0.1) is 0 Å². The Kier molecular flexibility index (Phi) is 2.89. The van der Waals surface area contributed by atoms with E-state index in [1.165, 1.54) is 19.3 Å². The summed E-state index contributed by atoms with van der Waals surface area (Å²) in [5, 5.41) is 0. The van der Waals surface area contributed by atoms with Gasteiger partial charge in [-0.2, -0.15) is 0 Å². The zero-order chi connectivity index (χ0) is 10.1. The van der Waals surface area contributed by atoms with Crippen LogP contribution in [-0.4, -0.2) is 0 Å². The van der Waals surface area contributed by atoms with Crippen LogP contribution in [-0.2, 0) is 0 Å². The standard InChI is InChI=1S/C13H24/c1-6-7-8-11-9-10-13(11,5)12(2,3)4/h9-11H,6-8H2,1-5H3. The first kappa shape index (κ1) is 10.8. The summed E-state index contributed by atoms with van der Waals surface area (Å²) in [6.07, 6.45) is 8.89. The average molecular weight is 180 g/mol. The molecule has 0 fully saturated rings. The van der Waals surface area contributed by atoms with Gasteiger partial charge < -0.3 is 0 Å². The van der Waals surface area contributed by atoms with Crippen molar-refractivity contribution >= 4 is 0 Å². The zero-order valence-electron chi connectivity index (χ0n) is 9.85. The molecule has 13 heavy (non-hydrogen) atoms. The monoisotopic (exact) mass is 180 g/mol. The lowest BCUT2D eigenvalue weighted by Gasteiger charge is -2.50. The number of allylic oxidation sites excluding steroid dienone is 2. The van der Waals surface area contributed by atoms with Gasteiger partial charge in [0.1, 0.15) is 0 Å². The van der Waals surface area contributed by atoms with E-state index in [9.17, 15) is 0 Å². The second-order valence-electron chi connectivity index (χ2n) is 5.64. The SMILES string of the molecule is CCCCC1C=CC1(C)C(C)(C)C. The molecule has 0 saturated carbocycles. The molecular weight excluding hydrogens is 156 g/mol. The summed E-state index contributed by atoms with van der Waals surface area (Å²) < 4.78 is 0. The predicted octanol–water partition coefficient (Wildman–Crippen LogP) is 4.42. The van der Waals surface area contributed by atoms with Gasteiger partial charge in [-0.1, -0.05) is 59.6 Å². The van der Waals surface area contributed by atoms with E-state index < -0.39 is 0 Å². The van der Waals surface area contributed by atoms with Crippen LogP contribution < -0.4 is 0 Å². The van der Waals surface area contributed by atoms with E-state index in [0.717, 1.165) is 5.92 Å². The smallest absolute Gasteiger partial charge is 0.00352 e.